The van der Waals surface area contributed by atoms with Crippen molar-refractivity contribution in [2.24, 2.45) is 5.92 Å². The molecular weight excluding hydrogens is 310 g/mol. The lowest BCUT2D eigenvalue weighted by atomic mass is 9.99. The van der Waals surface area contributed by atoms with Gasteiger partial charge in [0.2, 0.25) is 0 Å². The number of pyridine rings is 1. The first-order chi connectivity index (χ1) is 11.2. The number of hydrogen-bond donors (Lipinski definition) is 2. The van der Waals surface area contributed by atoms with Gasteiger partial charge in [0.25, 0.3) is 0 Å². The Bertz CT molecular complexity index is 649. The van der Waals surface area contributed by atoms with Gasteiger partial charge in [0, 0.05) is 43.2 Å². The van der Waals surface area contributed by atoms with E-state index in [1.54, 1.807) is 0 Å². The van der Waals surface area contributed by atoms with Crippen LogP contribution in [-0.2, 0) is 6.54 Å². The van der Waals surface area contributed by atoms with E-state index < -0.39 is 0 Å². The molecule has 1 atom stereocenters. The molecule has 0 aliphatic carbocycles. The molecule has 1 aliphatic rings. The predicted molar refractivity (Wildman–Crippen MR) is 94.7 cm³/mol. The maximum atomic E-state index is 9.27. The van der Waals surface area contributed by atoms with Gasteiger partial charge < -0.3 is 15.3 Å². The first-order valence-corrected chi connectivity index (χ1v) is 8.71. The second-order valence-corrected chi connectivity index (χ2v) is 6.74. The molecule has 2 aromatic rings. The fourth-order valence-corrected chi connectivity index (χ4v) is 3.37. The maximum absolute atomic E-state index is 9.27. The Morgan fingerprint density at radius 3 is 3.09 bits per heavy atom. The molecule has 1 aliphatic heterocycles. The number of benzene rings is 1. The predicted octanol–water partition coefficient (Wildman–Crippen LogP) is 2.68. The highest BCUT2D eigenvalue weighted by atomic mass is 35.5. The van der Waals surface area contributed by atoms with E-state index in [4.69, 9.17) is 11.6 Å². The Labute approximate surface area is 142 Å². The van der Waals surface area contributed by atoms with Crippen LogP contribution in [-0.4, -0.2) is 47.8 Å². The molecule has 0 bridgehead atoms. The van der Waals surface area contributed by atoms with Gasteiger partial charge in [0.15, 0.2) is 0 Å². The minimum Gasteiger partial charge on any atom is -0.396 e. The van der Waals surface area contributed by atoms with Crippen molar-refractivity contribution in [1.82, 2.24) is 15.2 Å². The Hall–Kier alpha value is -1.20. The molecule has 23 heavy (non-hydrogen) atoms. The van der Waals surface area contributed by atoms with Crippen molar-refractivity contribution in [3.63, 3.8) is 0 Å². The Morgan fingerprint density at radius 2 is 2.22 bits per heavy atom. The van der Waals surface area contributed by atoms with Crippen LogP contribution in [0.1, 0.15) is 18.5 Å². The van der Waals surface area contributed by atoms with E-state index in [1.807, 2.05) is 24.3 Å². The Balaban J connectivity index is 1.46. The third-order valence-electron chi connectivity index (χ3n) is 4.48. The number of fused-ring (bicyclic) bond motifs is 1. The number of aliphatic hydroxyl groups is 1. The molecule has 0 spiro atoms. The van der Waals surface area contributed by atoms with Crippen LogP contribution in [0.25, 0.3) is 10.9 Å². The average Bonchev–Trinajstić information content (AvgIpc) is 2.59. The smallest absolute Gasteiger partial charge is 0.0706 e. The van der Waals surface area contributed by atoms with Crippen LogP contribution in [0, 0.1) is 5.92 Å². The summed E-state index contributed by atoms with van der Waals surface area (Å²) in [5.74, 6) is 0.456. The summed E-state index contributed by atoms with van der Waals surface area (Å²) in [5, 5.41) is 14.6. The Kier molecular flexibility index (Phi) is 5.84. The molecule has 2 N–H and O–H groups in total. The molecule has 1 aromatic heterocycles. The van der Waals surface area contributed by atoms with E-state index in [9.17, 15) is 5.11 Å². The maximum Gasteiger partial charge on any atom is 0.0706 e. The monoisotopic (exact) mass is 333 g/mol. The highest BCUT2D eigenvalue weighted by molar-refractivity contribution is 6.31. The number of nitrogens with one attached hydrogen (secondary N) is 1. The van der Waals surface area contributed by atoms with Gasteiger partial charge in [-0.2, -0.15) is 0 Å². The second-order valence-electron chi connectivity index (χ2n) is 6.31. The van der Waals surface area contributed by atoms with Crippen molar-refractivity contribution in [3.8, 4) is 0 Å². The van der Waals surface area contributed by atoms with Crippen LogP contribution < -0.4 is 5.32 Å². The van der Waals surface area contributed by atoms with Crippen molar-refractivity contribution in [2.45, 2.75) is 19.4 Å². The van der Waals surface area contributed by atoms with Gasteiger partial charge in [0.1, 0.15) is 0 Å². The summed E-state index contributed by atoms with van der Waals surface area (Å²) in [6.07, 6.45) is 2.35. The highest BCUT2D eigenvalue weighted by Gasteiger charge is 2.18. The van der Waals surface area contributed by atoms with Crippen molar-refractivity contribution >= 4 is 22.5 Å². The molecule has 5 heteroatoms. The van der Waals surface area contributed by atoms with Crippen LogP contribution >= 0.6 is 11.6 Å². The average molecular weight is 334 g/mol. The van der Waals surface area contributed by atoms with E-state index in [-0.39, 0.29) is 0 Å². The van der Waals surface area contributed by atoms with Crippen molar-refractivity contribution in [1.29, 1.82) is 0 Å². The number of halogens is 1. The standard InChI is InChI=1S/C18H24ClN3O/c19-16-4-6-18-15(10-16)3-5-17(21-18)11-20-7-9-22-8-1-2-14(12-22)13-23/h3-6,10,14,20,23H,1-2,7-9,11-13H2. The lowest BCUT2D eigenvalue weighted by Crippen LogP contribution is -2.40. The van der Waals surface area contributed by atoms with Gasteiger partial charge in [0.05, 0.1) is 11.2 Å². The van der Waals surface area contributed by atoms with Crippen molar-refractivity contribution in [2.75, 3.05) is 32.8 Å². The number of rotatable bonds is 6. The largest absolute Gasteiger partial charge is 0.396 e. The van der Waals surface area contributed by atoms with Gasteiger partial charge in [-0.25, -0.2) is 0 Å². The van der Waals surface area contributed by atoms with Gasteiger partial charge in [-0.1, -0.05) is 17.7 Å². The van der Waals surface area contributed by atoms with E-state index in [0.717, 1.165) is 60.8 Å². The van der Waals surface area contributed by atoms with Gasteiger partial charge in [-0.3, -0.25) is 4.98 Å². The molecule has 1 unspecified atom stereocenters. The number of hydrogen-bond acceptors (Lipinski definition) is 4. The molecule has 1 aromatic carbocycles. The summed E-state index contributed by atoms with van der Waals surface area (Å²) in [4.78, 5) is 7.10. The van der Waals surface area contributed by atoms with E-state index in [2.05, 4.69) is 21.3 Å². The zero-order chi connectivity index (χ0) is 16.1. The zero-order valence-electron chi connectivity index (χ0n) is 13.3. The normalized spacial score (nSPS) is 19.3. The number of nitrogens with zero attached hydrogens (tertiary/aromatic N) is 2. The van der Waals surface area contributed by atoms with Crippen molar-refractivity contribution in [3.05, 3.63) is 41.0 Å². The van der Waals surface area contributed by atoms with Gasteiger partial charge in [-0.15, -0.1) is 0 Å². The summed E-state index contributed by atoms with van der Waals surface area (Å²) in [6.45, 7) is 5.23. The van der Waals surface area contributed by atoms with E-state index >= 15 is 0 Å². The first-order valence-electron chi connectivity index (χ1n) is 8.34. The first kappa shape index (κ1) is 16.7. The van der Waals surface area contributed by atoms with Gasteiger partial charge >= 0.3 is 0 Å². The fourth-order valence-electron chi connectivity index (χ4n) is 3.19. The van der Waals surface area contributed by atoms with Crippen LogP contribution in [0.2, 0.25) is 5.02 Å². The number of aromatic nitrogens is 1. The molecular formula is C18H24ClN3O. The molecule has 1 fully saturated rings. The summed E-state index contributed by atoms with van der Waals surface area (Å²) in [7, 11) is 0. The van der Waals surface area contributed by atoms with Crippen LogP contribution in [0.3, 0.4) is 0 Å². The Morgan fingerprint density at radius 1 is 1.30 bits per heavy atom. The molecule has 0 radical (unpaired) electrons. The fraction of sp³-hybridized carbons (Fsp3) is 0.500. The minimum absolute atomic E-state index is 0.314. The molecule has 0 amide bonds. The third kappa shape index (κ3) is 4.64. The van der Waals surface area contributed by atoms with Crippen LogP contribution in [0.5, 0.6) is 0 Å². The summed E-state index contributed by atoms with van der Waals surface area (Å²) < 4.78 is 0. The molecule has 3 rings (SSSR count). The zero-order valence-corrected chi connectivity index (χ0v) is 14.1. The van der Waals surface area contributed by atoms with E-state index in [1.165, 1.54) is 6.42 Å². The van der Waals surface area contributed by atoms with Crippen LogP contribution in [0.4, 0.5) is 0 Å². The van der Waals surface area contributed by atoms with Crippen molar-refractivity contribution < 1.29 is 5.11 Å². The van der Waals surface area contributed by atoms with E-state index in [0.29, 0.717) is 12.5 Å². The quantitative estimate of drug-likeness (QED) is 0.798. The third-order valence-corrected chi connectivity index (χ3v) is 4.72. The number of piperidine rings is 1. The highest BCUT2D eigenvalue weighted by Crippen LogP contribution is 2.18. The molecule has 1 saturated heterocycles. The summed E-state index contributed by atoms with van der Waals surface area (Å²) >= 11 is 5.99. The topological polar surface area (TPSA) is 48.4 Å². The summed E-state index contributed by atoms with van der Waals surface area (Å²) in [5.41, 5.74) is 2.03. The molecule has 4 nitrogen and oxygen atoms in total. The lowest BCUT2D eigenvalue weighted by molar-refractivity contribution is 0.121. The molecule has 2 heterocycles. The molecule has 0 saturated carbocycles. The summed E-state index contributed by atoms with van der Waals surface area (Å²) in [6, 6.07) is 9.90. The van der Waals surface area contributed by atoms with Gasteiger partial charge in [-0.05, 0) is 49.6 Å². The van der Waals surface area contributed by atoms with Crippen LogP contribution in [0.15, 0.2) is 30.3 Å². The SMILES string of the molecule is OCC1CCCN(CCNCc2ccc3cc(Cl)ccc3n2)C1. The molecule has 124 valence electrons. The lowest BCUT2D eigenvalue weighted by Gasteiger charge is -2.31. The number of aliphatic hydroxyl groups excluding tert-OH is 1. The second kappa shape index (κ2) is 8.06. The number of likely N-dealkylation sites (tertiary alicyclic amines) is 1. The minimum atomic E-state index is 0.314.